The Kier molecular flexibility index (Phi) is 6.20. The molecule has 0 aliphatic carbocycles. The smallest absolute Gasteiger partial charge is 0.265 e. The van der Waals surface area contributed by atoms with E-state index in [-0.39, 0.29) is 17.6 Å². The molecule has 2 N–H and O–H groups in total. The van der Waals surface area contributed by atoms with Gasteiger partial charge in [0.05, 0.1) is 10.6 Å². The summed E-state index contributed by atoms with van der Waals surface area (Å²) in [6.45, 7) is 3.80. The molecule has 2 amide bonds. The summed E-state index contributed by atoms with van der Waals surface area (Å²) >= 11 is 2.66. The van der Waals surface area contributed by atoms with Crippen molar-refractivity contribution in [1.82, 2.24) is 9.97 Å². The maximum absolute atomic E-state index is 12.2. The zero-order valence-electron chi connectivity index (χ0n) is 14.9. The van der Waals surface area contributed by atoms with Crippen molar-refractivity contribution in [2.45, 2.75) is 19.0 Å². The Balaban J connectivity index is 1.57. The highest BCUT2D eigenvalue weighted by molar-refractivity contribution is 7.99. The molecule has 3 aromatic rings. The fourth-order valence-electron chi connectivity index (χ4n) is 2.36. The van der Waals surface area contributed by atoms with Crippen LogP contribution >= 0.6 is 23.1 Å². The second-order valence-corrected chi connectivity index (χ2v) is 7.67. The van der Waals surface area contributed by atoms with Gasteiger partial charge in [-0.15, -0.1) is 11.3 Å². The van der Waals surface area contributed by atoms with Gasteiger partial charge in [0, 0.05) is 22.8 Å². The fraction of sp³-hybridized carbons (Fsp3) is 0.158. The van der Waals surface area contributed by atoms with Crippen LogP contribution in [-0.2, 0) is 4.79 Å². The Bertz CT molecular complexity index is 938. The first kappa shape index (κ1) is 19.1. The summed E-state index contributed by atoms with van der Waals surface area (Å²) in [5.74, 6) is -0.130. The number of hydrogen-bond acceptors (Lipinski definition) is 6. The number of thioether (sulfide) groups is 1. The predicted octanol–water partition coefficient (Wildman–Crippen LogP) is 4.14. The van der Waals surface area contributed by atoms with E-state index >= 15 is 0 Å². The molecule has 0 atom stereocenters. The molecule has 0 bridgehead atoms. The monoisotopic (exact) mass is 398 g/mol. The summed E-state index contributed by atoms with van der Waals surface area (Å²) in [6.07, 6.45) is 0. The largest absolute Gasteiger partial charge is 0.325 e. The Labute approximate surface area is 165 Å². The number of anilines is 2. The van der Waals surface area contributed by atoms with Crippen LogP contribution in [0.25, 0.3) is 0 Å². The van der Waals surface area contributed by atoms with Gasteiger partial charge in [-0.1, -0.05) is 23.9 Å². The summed E-state index contributed by atoms with van der Waals surface area (Å²) in [6, 6.07) is 12.5. The molecule has 2 aromatic heterocycles. The molecule has 0 aliphatic heterocycles. The van der Waals surface area contributed by atoms with Crippen LogP contribution in [0.2, 0.25) is 0 Å². The van der Waals surface area contributed by atoms with E-state index in [2.05, 4.69) is 20.6 Å². The maximum atomic E-state index is 12.2. The normalized spacial score (nSPS) is 10.4. The Hall–Kier alpha value is -2.71. The molecule has 27 heavy (non-hydrogen) atoms. The number of nitrogens with zero attached hydrogens (tertiary/aromatic N) is 2. The number of rotatable bonds is 6. The summed E-state index contributed by atoms with van der Waals surface area (Å²) in [5, 5.41) is 8.08. The van der Waals surface area contributed by atoms with Crippen LogP contribution in [-0.4, -0.2) is 27.5 Å². The lowest BCUT2D eigenvalue weighted by Gasteiger charge is -2.08. The van der Waals surface area contributed by atoms with E-state index in [1.54, 1.807) is 30.3 Å². The standard InChI is InChI=1S/C19H18N4O2S2/c1-12-9-13(2)21-19(20-12)27-11-17(24)22-14-5-3-6-15(10-14)23-18(25)16-7-4-8-26-16/h3-10H,11H2,1-2H3,(H,22,24)(H,23,25). The van der Waals surface area contributed by atoms with Gasteiger partial charge in [0.25, 0.3) is 5.91 Å². The predicted molar refractivity (Wildman–Crippen MR) is 110 cm³/mol. The fourth-order valence-corrected chi connectivity index (χ4v) is 3.73. The second-order valence-electron chi connectivity index (χ2n) is 5.78. The quantitative estimate of drug-likeness (QED) is 0.482. The van der Waals surface area contributed by atoms with Gasteiger partial charge in [-0.05, 0) is 49.6 Å². The average Bonchev–Trinajstić information content (AvgIpc) is 3.14. The zero-order chi connectivity index (χ0) is 19.2. The molecule has 0 radical (unpaired) electrons. The molecule has 138 valence electrons. The van der Waals surface area contributed by atoms with Gasteiger partial charge in [0.1, 0.15) is 0 Å². The van der Waals surface area contributed by atoms with Crippen LogP contribution in [0.3, 0.4) is 0 Å². The van der Waals surface area contributed by atoms with Crippen molar-refractivity contribution in [2.24, 2.45) is 0 Å². The summed E-state index contributed by atoms with van der Waals surface area (Å²) in [5.41, 5.74) is 2.99. The van der Waals surface area contributed by atoms with Gasteiger partial charge in [-0.3, -0.25) is 9.59 Å². The molecular weight excluding hydrogens is 380 g/mol. The highest BCUT2D eigenvalue weighted by Crippen LogP contribution is 2.19. The average molecular weight is 399 g/mol. The van der Waals surface area contributed by atoms with Crippen LogP contribution in [0.1, 0.15) is 21.1 Å². The van der Waals surface area contributed by atoms with Crippen molar-refractivity contribution in [3.05, 3.63) is 64.1 Å². The first-order chi connectivity index (χ1) is 13.0. The SMILES string of the molecule is Cc1cc(C)nc(SCC(=O)Nc2cccc(NC(=O)c3cccs3)c2)n1. The lowest BCUT2D eigenvalue weighted by Crippen LogP contribution is -2.15. The number of carbonyl (C=O) groups is 2. The molecule has 6 nitrogen and oxygen atoms in total. The molecule has 0 saturated heterocycles. The second kappa shape index (κ2) is 8.79. The third-order valence-electron chi connectivity index (χ3n) is 3.44. The van der Waals surface area contributed by atoms with Crippen molar-refractivity contribution < 1.29 is 9.59 Å². The Morgan fingerprint density at radius 3 is 2.37 bits per heavy atom. The molecule has 0 saturated carbocycles. The van der Waals surface area contributed by atoms with Crippen molar-refractivity contribution in [2.75, 3.05) is 16.4 Å². The highest BCUT2D eigenvalue weighted by atomic mass is 32.2. The number of amides is 2. The molecule has 0 aliphatic rings. The number of nitrogens with one attached hydrogen (secondary N) is 2. The van der Waals surface area contributed by atoms with Crippen molar-refractivity contribution >= 4 is 46.3 Å². The number of hydrogen-bond donors (Lipinski definition) is 2. The number of benzene rings is 1. The van der Waals surface area contributed by atoms with Crippen LogP contribution in [0.4, 0.5) is 11.4 Å². The lowest BCUT2D eigenvalue weighted by atomic mass is 10.2. The van der Waals surface area contributed by atoms with Crippen molar-refractivity contribution in [3.8, 4) is 0 Å². The summed E-state index contributed by atoms with van der Waals surface area (Å²) in [7, 11) is 0. The molecule has 1 aromatic carbocycles. The summed E-state index contributed by atoms with van der Waals surface area (Å²) in [4.78, 5) is 33.6. The minimum Gasteiger partial charge on any atom is -0.325 e. The Morgan fingerprint density at radius 1 is 1.00 bits per heavy atom. The van der Waals surface area contributed by atoms with Gasteiger partial charge < -0.3 is 10.6 Å². The minimum atomic E-state index is -0.170. The van der Waals surface area contributed by atoms with E-state index in [1.807, 2.05) is 31.4 Å². The van der Waals surface area contributed by atoms with E-state index in [0.717, 1.165) is 11.4 Å². The Morgan fingerprint density at radius 2 is 1.70 bits per heavy atom. The molecule has 8 heteroatoms. The van der Waals surface area contributed by atoms with Crippen LogP contribution in [0.5, 0.6) is 0 Å². The third kappa shape index (κ3) is 5.63. The van der Waals surface area contributed by atoms with Crippen LogP contribution in [0.15, 0.2) is 53.0 Å². The number of carbonyl (C=O) groups excluding carboxylic acids is 2. The molecule has 2 heterocycles. The first-order valence-corrected chi connectivity index (χ1v) is 10.1. The molecule has 0 spiro atoms. The van der Waals surface area contributed by atoms with E-state index in [1.165, 1.54) is 23.1 Å². The van der Waals surface area contributed by atoms with Crippen LogP contribution < -0.4 is 10.6 Å². The molecular formula is C19H18N4O2S2. The minimum absolute atomic E-state index is 0.163. The van der Waals surface area contributed by atoms with E-state index in [0.29, 0.717) is 21.4 Å². The first-order valence-electron chi connectivity index (χ1n) is 8.19. The number of aromatic nitrogens is 2. The third-order valence-corrected chi connectivity index (χ3v) is 5.16. The molecule has 3 rings (SSSR count). The van der Waals surface area contributed by atoms with E-state index < -0.39 is 0 Å². The van der Waals surface area contributed by atoms with E-state index in [9.17, 15) is 9.59 Å². The number of thiophene rings is 1. The summed E-state index contributed by atoms with van der Waals surface area (Å²) < 4.78 is 0. The maximum Gasteiger partial charge on any atom is 0.265 e. The lowest BCUT2D eigenvalue weighted by molar-refractivity contribution is -0.113. The molecule has 0 fully saturated rings. The van der Waals surface area contributed by atoms with Gasteiger partial charge in [-0.2, -0.15) is 0 Å². The molecule has 0 unspecified atom stereocenters. The van der Waals surface area contributed by atoms with Gasteiger partial charge in [0.15, 0.2) is 5.16 Å². The van der Waals surface area contributed by atoms with Gasteiger partial charge in [0.2, 0.25) is 5.91 Å². The van der Waals surface area contributed by atoms with Gasteiger partial charge >= 0.3 is 0 Å². The highest BCUT2D eigenvalue weighted by Gasteiger charge is 2.09. The van der Waals surface area contributed by atoms with Crippen molar-refractivity contribution in [1.29, 1.82) is 0 Å². The topological polar surface area (TPSA) is 84.0 Å². The number of aryl methyl sites for hydroxylation is 2. The van der Waals surface area contributed by atoms with E-state index in [4.69, 9.17) is 0 Å². The van der Waals surface area contributed by atoms with Crippen molar-refractivity contribution in [3.63, 3.8) is 0 Å². The zero-order valence-corrected chi connectivity index (χ0v) is 16.5. The van der Waals surface area contributed by atoms with Crippen LogP contribution in [0, 0.1) is 13.8 Å². The van der Waals surface area contributed by atoms with Gasteiger partial charge in [-0.25, -0.2) is 9.97 Å².